The lowest BCUT2D eigenvalue weighted by Gasteiger charge is -2.17. The van der Waals surface area contributed by atoms with E-state index in [4.69, 9.17) is 5.84 Å². The van der Waals surface area contributed by atoms with Gasteiger partial charge in [0, 0.05) is 6.04 Å². The second-order valence-corrected chi connectivity index (χ2v) is 4.86. The first-order valence-corrected chi connectivity index (χ1v) is 6.14. The van der Waals surface area contributed by atoms with Crippen LogP contribution in [0.1, 0.15) is 42.9 Å². The van der Waals surface area contributed by atoms with Crippen molar-refractivity contribution in [3.63, 3.8) is 0 Å². The van der Waals surface area contributed by atoms with Gasteiger partial charge >= 0.3 is 6.18 Å². The molecule has 18 heavy (non-hydrogen) atoms. The maximum Gasteiger partial charge on any atom is 0.416 e. The molecule has 0 spiro atoms. The van der Waals surface area contributed by atoms with Gasteiger partial charge in [0.2, 0.25) is 0 Å². The highest BCUT2D eigenvalue weighted by Crippen LogP contribution is 2.36. The minimum atomic E-state index is -4.28. The Morgan fingerprint density at radius 2 is 1.83 bits per heavy atom. The minimum absolute atomic E-state index is 0.0621. The van der Waals surface area contributed by atoms with E-state index < -0.39 is 11.7 Å². The monoisotopic (exact) mass is 258 g/mol. The van der Waals surface area contributed by atoms with Crippen molar-refractivity contribution in [3.05, 3.63) is 35.4 Å². The molecule has 1 fully saturated rings. The summed E-state index contributed by atoms with van der Waals surface area (Å²) in [4.78, 5) is 0. The Morgan fingerprint density at radius 1 is 1.22 bits per heavy atom. The number of halogens is 3. The van der Waals surface area contributed by atoms with E-state index in [-0.39, 0.29) is 6.04 Å². The van der Waals surface area contributed by atoms with Crippen molar-refractivity contribution in [2.24, 2.45) is 11.8 Å². The van der Waals surface area contributed by atoms with E-state index in [1.807, 2.05) is 0 Å². The molecule has 1 aromatic rings. The average Bonchev–Trinajstić information content (AvgIpc) is 3.13. The molecule has 2 nitrogen and oxygen atoms in total. The highest BCUT2D eigenvalue weighted by Gasteiger charge is 2.30. The molecule has 1 atom stereocenters. The smallest absolute Gasteiger partial charge is 0.271 e. The standard InChI is InChI=1S/C13H17F3N2/c14-13(15,16)11-6-4-10(5-7-11)12(18-17)8-3-9-1-2-9/h4-7,9,12,18H,1-3,8,17H2. The summed E-state index contributed by atoms with van der Waals surface area (Å²) >= 11 is 0. The molecule has 0 radical (unpaired) electrons. The normalized spacial score (nSPS) is 17.8. The molecule has 0 saturated heterocycles. The molecule has 1 saturated carbocycles. The first kappa shape index (κ1) is 13.4. The molecule has 1 aliphatic rings. The quantitative estimate of drug-likeness (QED) is 0.627. The molecule has 1 aromatic carbocycles. The molecule has 0 bridgehead atoms. The van der Waals surface area contributed by atoms with Crippen molar-refractivity contribution in [1.29, 1.82) is 0 Å². The third-order valence-corrected chi connectivity index (χ3v) is 3.40. The van der Waals surface area contributed by atoms with E-state index >= 15 is 0 Å². The average molecular weight is 258 g/mol. The van der Waals surface area contributed by atoms with Crippen LogP contribution in [0.2, 0.25) is 0 Å². The van der Waals surface area contributed by atoms with Crippen LogP contribution in [0.15, 0.2) is 24.3 Å². The van der Waals surface area contributed by atoms with Crippen molar-refractivity contribution in [2.45, 2.75) is 37.9 Å². The Balaban J connectivity index is 2.01. The van der Waals surface area contributed by atoms with Crippen molar-refractivity contribution in [1.82, 2.24) is 5.43 Å². The maximum atomic E-state index is 12.4. The van der Waals surface area contributed by atoms with Gasteiger partial charge in [-0.15, -0.1) is 0 Å². The lowest BCUT2D eigenvalue weighted by atomic mass is 10.00. The van der Waals surface area contributed by atoms with Gasteiger partial charge in [0.05, 0.1) is 5.56 Å². The van der Waals surface area contributed by atoms with E-state index in [1.54, 1.807) is 0 Å². The Morgan fingerprint density at radius 3 is 2.28 bits per heavy atom. The van der Waals surface area contributed by atoms with Crippen molar-refractivity contribution < 1.29 is 13.2 Å². The van der Waals surface area contributed by atoms with Crippen LogP contribution in [0.25, 0.3) is 0 Å². The molecule has 2 rings (SSSR count). The first-order valence-electron chi connectivity index (χ1n) is 6.14. The Hall–Kier alpha value is -1.07. The SMILES string of the molecule is NNC(CCC1CC1)c1ccc(C(F)(F)F)cc1. The fraction of sp³-hybridized carbons (Fsp3) is 0.538. The second kappa shape index (κ2) is 5.28. The van der Waals surface area contributed by atoms with Gasteiger partial charge in [-0.25, -0.2) is 0 Å². The number of nitrogens with two attached hydrogens (primary N) is 1. The van der Waals surface area contributed by atoms with Gasteiger partial charge in [0.15, 0.2) is 0 Å². The zero-order valence-electron chi connectivity index (χ0n) is 10.0. The summed E-state index contributed by atoms with van der Waals surface area (Å²) < 4.78 is 37.3. The molecule has 1 unspecified atom stereocenters. The third-order valence-electron chi connectivity index (χ3n) is 3.40. The third kappa shape index (κ3) is 3.46. The number of nitrogens with one attached hydrogen (secondary N) is 1. The summed E-state index contributed by atoms with van der Waals surface area (Å²) in [6, 6.07) is 5.15. The first-order chi connectivity index (χ1) is 8.50. The van der Waals surface area contributed by atoms with Gasteiger partial charge in [-0.05, 0) is 36.5 Å². The van der Waals surface area contributed by atoms with Gasteiger partial charge in [-0.1, -0.05) is 25.0 Å². The van der Waals surface area contributed by atoms with Crippen LogP contribution in [0.5, 0.6) is 0 Å². The lowest BCUT2D eigenvalue weighted by molar-refractivity contribution is -0.137. The molecule has 3 N–H and O–H groups in total. The molecule has 0 heterocycles. The zero-order chi connectivity index (χ0) is 13.2. The predicted molar refractivity (Wildman–Crippen MR) is 63.5 cm³/mol. The Bertz CT molecular complexity index is 382. The van der Waals surface area contributed by atoms with Crippen molar-refractivity contribution in [2.75, 3.05) is 0 Å². The molecular weight excluding hydrogens is 241 g/mol. The van der Waals surface area contributed by atoms with E-state index in [0.717, 1.165) is 36.5 Å². The van der Waals surface area contributed by atoms with Gasteiger partial charge in [0.25, 0.3) is 0 Å². The zero-order valence-corrected chi connectivity index (χ0v) is 10.0. The van der Waals surface area contributed by atoms with Gasteiger partial charge in [-0.3, -0.25) is 11.3 Å². The number of rotatable bonds is 5. The fourth-order valence-electron chi connectivity index (χ4n) is 2.06. The van der Waals surface area contributed by atoms with Crippen LogP contribution in [-0.4, -0.2) is 0 Å². The number of hydrazine groups is 1. The van der Waals surface area contributed by atoms with Crippen molar-refractivity contribution >= 4 is 0 Å². The van der Waals surface area contributed by atoms with E-state index in [1.165, 1.54) is 25.0 Å². The topological polar surface area (TPSA) is 38.0 Å². The summed E-state index contributed by atoms with van der Waals surface area (Å²) in [5.41, 5.74) is 2.87. The minimum Gasteiger partial charge on any atom is -0.271 e. The summed E-state index contributed by atoms with van der Waals surface area (Å²) in [6.07, 6.45) is 0.204. The van der Waals surface area contributed by atoms with Crippen LogP contribution in [0, 0.1) is 5.92 Å². The highest BCUT2D eigenvalue weighted by molar-refractivity contribution is 5.26. The number of benzene rings is 1. The molecule has 0 aromatic heterocycles. The van der Waals surface area contributed by atoms with Crippen LogP contribution in [0.3, 0.4) is 0 Å². The maximum absolute atomic E-state index is 12.4. The van der Waals surface area contributed by atoms with Gasteiger partial charge < -0.3 is 0 Å². The predicted octanol–water partition coefficient (Wildman–Crippen LogP) is 3.40. The molecule has 100 valence electrons. The van der Waals surface area contributed by atoms with E-state index in [0.29, 0.717) is 0 Å². The summed E-state index contributed by atoms with van der Waals surface area (Å²) in [5.74, 6) is 6.25. The number of alkyl halides is 3. The van der Waals surface area contributed by atoms with Gasteiger partial charge in [0.1, 0.15) is 0 Å². The number of hydrogen-bond acceptors (Lipinski definition) is 2. The molecule has 0 amide bonds. The Kier molecular flexibility index (Phi) is 3.92. The lowest BCUT2D eigenvalue weighted by Crippen LogP contribution is -2.28. The van der Waals surface area contributed by atoms with Crippen molar-refractivity contribution in [3.8, 4) is 0 Å². The molecule has 1 aliphatic carbocycles. The Labute approximate surface area is 104 Å². The molecule has 5 heteroatoms. The largest absolute Gasteiger partial charge is 0.416 e. The van der Waals surface area contributed by atoms with Crippen LogP contribution in [-0.2, 0) is 6.18 Å². The van der Waals surface area contributed by atoms with E-state index in [9.17, 15) is 13.2 Å². The number of hydrogen-bond donors (Lipinski definition) is 2. The van der Waals surface area contributed by atoms with E-state index in [2.05, 4.69) is 5.43 Å². The van der Waals surface area contributed by atoms with Gasteiger partial charge in [-0.2, -0.15) is 13.2 Å². The highest BCUT2D eigenvalue weighted by atomic mass is 19.4. The summed E-state index contributed by atoms with van der Waals surface area (Å²) in [5, 5.41) is 0. The summed E-state index contributed by atoms with van der Waals surface area (Å²) in [7, 11) is 0. The second-order valence-electron chi connectivity index (χ2n) is 4.86. The fourth-order valence-corrected chi connectivity index (χ4v) is 2.06. The summed E-state index contributed by atoms with van der Waals surface area (Å²) in [6.45, 7) is 0. The van der Waals surface area contributed by atoms with Crippen LogP contribution >= 0.6 is 0 Å². The van der Waals surface area contributed by atoms with Crippen LogP contribution in [0.4, 0.5) is 13.2 Å². The molecule has 0 aliphatic heterocycles. The molecular formula is C13H17F3N2. The van der Waals surface area contributed by atoms with Crippen LogP contribution < -0.4 is 11.3 Å².